The van der Waals surface area contributed by atoms with E-state index in [1.165, 1.54) is 6.21 Å². The summed E-state index contributed by atoms with van der Waals surface area (Å²) in [6.07, 6.45) is 4.99. The van der Waals surface area contributed by atoms with Gasteiger partial charge < -0.3 is 14.8 Å². The molecule has 1 saturated heterocycles. The maximum Gasteiger partial charge on any atom is 0.253 e. The van der Waals surface area contributed by atoms with Crippen molar-refractivity contribution in [2.24, 2.45) is 11.0 Å². The van der Waals surface area contributed by atoms with Crippen molar-refractivity contribution >= 4 is 24.1 Å². The molecule has 0 bridgehead atoms. The molecule has 4 rings (SSSR count). The van der Waals surface area contributed by atoms with Crippen LogP contribution in [0, 0.1) is 5.92 Å². The van der Waals surface area contributed by atoms with Crippen LogP contribution >= 0.6 is 0 Å². The Morgan fingerprint density at radius 3 is 2.82 bits per heavy atom. The van der Waals surface area contributed by atoms with Crippen LogP contribution in [0.15, 0.2) is 59.7 Å². The van der Waals surface area contributed by atoms with Crippen LogP contribution in [0.1, 0.15) is 17.0 Å². The SMILES string of the molecule is O=C1NC[C@@H](c2ccccc2)[C@@H]1C(=O)N/N=C/C=C/c1ccc2c(c1)OCO2. The second kappa shape index (κ2) is 7.96. The summed E-state index contributed by atoms with van der Waals surface area (Å²) in [5, 5.41) is 6.67. The van der Waals surface area contributed by atoms with Gasteiger partial charge in [-0.1, -0.05) is 42.5 Å². The van der Waals surface area contributed by atoms with Crippen molar-refractivity contribution in [3.8, 4) is 11.5 Å². The molecular formula is C21H19N3O4. The number of nitrogens with zero attached hydrogens (tertiary/aromatic N) is 1. The summed E-state index contributed by atoms with van der Waals surface area (Å²) in [6.45, 7) is 0.670. The molecule has 2 aliphatic heterocycles. The summed E-state index contributed by atoms with van der Waals surface area (Å²) >= 11 is 0. The van der Waals surface area contributed by atoms with Gasteiger partial charge in [0.05, 0.1) is 0 Å². The Morgan fingerprint density at radius 2 is 1.96 bits per heavy atom. The molecule has 1 fully saturated rings. The highest BCUT2D eigenvalue weighted by Crippen LogP contribution is 2.32. The molecule has 142 valence electrons. The Bertz CT molecular complexity index is 940. The fourth-order valence-electron chi connectivity index (χ4n) is 3.32. The lowest BCUT2D eigenvalue weighted by Gasteiger charge is -2.15. The summed E-state index contributed by atoms with van der Waals surface area (Å²) in [6, 6.07) is 15.1. The van der Waals surface area contributed by atoms with E-state index in [1.807, 2.05) is 54.6 Å². The molecule has 7 nitrogen and oxygen atoms in total. The highest BCUT2D eigenvalue weighted by Gasteiger charge is 2.40. The zero-order valence-corrected chi connectivity index (χ0v) is 15.0. The minimum Gasteiger partial charge on any atom is -0.454 e. The van der Waals surface area contributed by atoms with Gasteiger partial charge in [0.2, 0.25) is 12.7 Å². The lowest BCUT2D eigenvalue weighted by Crippen LogP contribution is -2.34. The Morgan fingerprint density at radius 1 is 1.14 bits per heavy atom. The van der Waals surface area contributed by atoms with Crippen LogP contribution in [0.4, 0.5) is 0 Å². The molecule has 2 atom stereocenters. The van der Waals surface area contributed by atoms with E-state index in [9.17, 15) is 9.59 Å². The summed E-state index contributed by atoms with van der Waals surface area (Å²) in [4.78, 5) is 24.6. The summed E-state index contributed by atoms with van der Waals surface area (Å²) in [5.74, 6) is -0.271. The summed E-state index contributed by atoms with van der Waals surface area (Å²) in [5.41, 5.74) is 4.33. The normalized spacial score (nSPS) is 20.6. The van der Waals surface area contributed by atoms with Gasteiger partial charge in [0, 0.05) is 18.7 Å². The molecule has 0 radical (unpaired) electrons. The lowest BCUT2D eigenvalue weighted by atomic mass is 9.88. The number of carbonyl (C=O) groups is 2. The number of benzene rings is 2. The number of hydrogen-bond acceptors (Lipinski definition) is 5. The van der Waals surface area contributed by atoms with Gasteiger partial charge >= 0.3 is 0 Å². The Kier molecular flexibility index (Phi) is 5.05. The van der Waals surface area contributed by atoms with Crippen molar-refractivity contribution in [1.82, 2.24) is 10.7 Å². The number of rotatable bonds is 5. The third kappa shape index (κ3) is 3.73. The van der Waals surface area contributed by atoms with Gasteiger partial charge in [-0.15, -0.1) is 0 Å². The van der Waals surface area contributed by atoms with Gasteiger partial charge in [-0.2, -0.15) is 5.10 Å². The highest BCUT2D eigenvalue weighted by molar-refractivity contribution is 6.03. The predicted molar refractivity (Wildman–Crippen MR) is 104 cm³/mol. The monoisotopic (exact) mass is 377 g/mol. The molecule has 0 spiro atoms. The van der Waals surface area contributed by atoms with Crippen LogP contribution in [0.3, 0.4) is 0 Å². The molecule has 0 saturated carbocycles. The minimum atomic E-state index is -0.794. The number of nitrogens with one attached hydrogen (secondary N) is 2. The zero-order valence-electron chi connectivity index (χ0n) is 15.0. The van der Waals surface area contributed by atoms with Crippen LogP contribution < -0.4 is 20.2 Å². The number of allylic oxidation sites excluding steroid dienone is 1. The second-order valence-corrected chi connectivity index (χ2v) is 6.47. The third-order valence-corrected chi connectivity index (χ3v) is 4.71. The van der Waals surface area contributed by atoms with Gasteiger partial charge in [0.1, 0.15) is 5.92 Å². The minimum absolute atomic E-state index is 0.201. The molecule has 2 aliphatic rings. The molecule has 2 N–H and O–H groups in total. The quantitative estimate of drug-likeness (QED) is 0.474. The van der Waals surface area contributed by atoms with E-state index in [-0.39, 0.29) is 18.6 Å². The first kappa shape index (κ1) is 17.8. The van der Waals surface area contributed by atoms with E-state index in [1.54, 1.807) is 6.08 Å². The van der Waals surface area contributed by atoms with Crippen LogP contribution in [0.5, 0.6) is 11.5 Å². The molecule has 2 heterocycles. The van der Waals surface area contributed by atoms with Crippen molar-refractivity contribution in [2.75, 3.05) is 13.3 Å². The van der Waals surface area contributed by atoms with E-state index in [4.69, 9.17) is 9.47 Å². The Hall–Kier alpha value is -3.61. The Balaban J connectivity index is 1.36. The largest absolute Gasteiger partial charge is 0.454 e. The highest BCUT2D eigenvalue weighted by atomic mass is 16.7. The van der Waals surface area contributed by atoms with Crippen LogP contribution in [0.25, 0.3) is 6.08 Å². The van der Waals surface area contributed by atoms with E-state index in [0.717, 1.165) is 16.9 Å². The standard InChI is InChI=1S/C21H19N3O4/c25-20-19(16(12-22-20)15-6-2-1-3-7-15)21(26)24-23-10-4-5-14-8-9-17-18(11-14)28-13-27-17/h1-11,16,19H,12-13H2,(H,22,25)(H,24,26)/b5-4+,23-10+/t16-,19-/m0/s1. The van der Waals surface area contributed by atoms with Crippen LogP contribution in [-0.4, -0.2) is 31.4 Å². The molecule has 28 heavy (non-hydrogen) atoms. The molecule has 2 aromatic rings. The topological polar surface area (TPSA) is 89.0 Å². The predicted octanol–water partition coefficient (Wildman–Crippen LogP) is 2.06. The number of amides is 2. The van der Waals surface area contributed by atoms with Crippen molar-refractivity contribution < 1.29 is 19.1 Å². The summed E-state index contributed by atoms with van der Waals surface area (Å²) < 4.78 is 10.6. The number of hydrazone groups is 1. The fraction of sp³-hybridized carbons (Fsp3) is 0.190. The molecule has 0 aromatic heterocycles. The van der Waals surface area contributed by atoms with Crippen LogP contribution in [0.2, 0.25) is 0 Å². The first-order chi connectivity index (χ1) is 13.7. The fourth-order valence-corrected chi connectivity index (χ4v) is 3.32. The summed E-state index contributed by atoms with van der Waals surface area (Å²) in [7, 11) is 0. The lowest BCUT2D eigenvalue weighted by molar-refractivity contribution is -0.133. The molecule has 7 heteroatoms. The maximum absolute atomic E-state index is 12.5. The smallest absolute Gasteiger partial charge is 0.253 e. The van der Waals surface area contributed by atoms with E-state index in [0.29, 0.717) is 12.3 Å². The number of hydrogen-bond donors (Lipinski definition) is 2. The van der Waals surface area contributed by atoms with Crippen molar-refractivity contribution in [2.45, 2.75) is 5.92 Å². The average Bonchev–Trinajstić information content (AvgIpc) is 3.34. The van der Waals surface area contributed by atoms with E-state index in [2.05, 4.69) is 15.8 Å². The van der Waals surface area contributed by atoms with Gasteiger partial charge in [-0.05, 0) is 29.3 Å². The third-order valence-electron chi connectivity index (χ3n) is 4.71. The second-order valence-electron chi connectivity index (χ2n) is 6.47. The van der Waals surface area contributed by atoms with Crippen molar-refractivity contribution in [3.63, 3.8) is 0 Å². The van der Waals surface area contributed by atoms with Gasteiger partial charge in [-0.25, -0.2) is 5.43 Å². The number of ether oxygens (including phenoxy) is 2. The molecular weight excluding hydrogens is 358 g/mol. The molecule has 2 amide bonds. The van der Waals surface area contributed by atoms with E-state index < -0.39 is 11.8 Å². The molecule has 2 aromatic carbocycles. The van der Waals surface area contributed by atoms with Crippen molar-refractivity contribution in [3.05, 3.63) is 65.7 Å². The first-order valence-electron chi connectivity index (χ1n) is 8.94. The molecule has 0 aliphatic carbocycles. The zero-order chi connectivity index (χ0) is 19.3. The van der Waals surface area contributed by atoms with Crippen molar-refractivity contribution in [1.29, 1.82) is 0 Å². The van der Waals surface area contributed by atoms with Gasteiger partial charge in [-0.3, -0.25) is 9.59 Å². The average molecular weight is 377 g/mol. The number of carbonyl (C=O) groups excluding carboxylic acids is 2. The van der Waals surface area contributed by atoms with E-state index >= 15 is 0 Å². The first-order valence-corrected chi connectivity index (χ1v) is 8.94. The van der Waals surface area contributed by atoms with Crippen LogP contribution in [-0.2, 0) is 9.59 Å². The molecule has 0 unspecified atom stereocenters. The Labute approximate surface area is 162 Å². The van der Waals surface area contributed by atoms with Gasteiger partial charge in [0.15, 0.2) is 11.5 Å². The van der Waals surface area contributed by atoms with Gasteiger partial charge in [0.25, 0.3) is 5.91 Å². The maximum atomic E-state index is 12.5. The number of fused-ring (bicyclic) bond motifs is 1.